The summed E-state index contributed by atoms with van der Waals surface area (Å²) < 4.78 is 23.5. The molecular weight excluding hydrogens is 314 g/mol. The van der Waals surface area contributed by atoms with E-state index in [-0.39, 0.29) is 23.6 Å². The Morgan fingerprint density at radius 2 is 1.78 bits per heavy atom. The second-order valence-electron chi connectivity index (χ2n) is 7.24. The molecule has 134 valence electrons. The molecular formula is C16H31N3O3S. The molecule has 1 atom stereocenters. The van der Waals surface area contributed by atoms with Crippen LogP contribution in [0.2, 0.25) is 0 Å². The maximum Gasteiger partial charge on any atom is 0.317 e. The number of rotatable bonds is 6. The van der Waals surface area contributed by atoms with Crippen LogP contribution in [0.15, 0.2) is 0 Å². The number of amides is 2. The van der Waals surface area contributed by atoms with Crippen LogP contribution in [0.25, 0.3) is 0 Å². The van der Waals surface area contributed by atoms with Gasteiger partial charge in [0.15, 0.2) is 9.84 Å². The Morgan fingerprint density at radius 3 is 2.35 bits per heavy atom. The van der Waals surface area contributed by atoms with Crippen molar-refractivity contribution in [3.05, 3.63) is 0 Å². The molecule has 2 aliphatic rings. The molecule has 0 spiro atoms. The molecule has 0 aromatic heterocycles. The van der Waals surface area contributed by atoms with Crippen molar-refractivity contribution in [2.75, 3.05) is 45.2 Å². The maximum atomic E-state index is 12.6. The first-order valence-electron chi connectivity index (χ1n) is 8.77. The molecule has 0 radical (unpaired) electrons. The minimum Gasteiger partial charge on any atom is -0.338 e. The van der Waals surface area contributed by atoms with Crippen LogP contribution in [0.5, 0.6) is 0 Å². The van der Waals surface area contributed by atoms with Gasteiger partial charge >= 0.3 is 6.03 Å². The third kappa shape index (κ3) is 5.95. The fourth-order valence-electron chi connectivity index (χ4n) is 3.50. The van der Waals surface area contributed by atoms with Gasteiger partial charge in [0.1, 0.15) is 0 Å². The highest BCUT2D eigenvalue weighted by atomic mass is 32.2. The van der Waals surface area contributed by atoms with Crippen molar-refractivity contribution in [1.29, 1.82) is 0 Å². The minimum atomic E-state index is -2.98. The van der Waals surface area contributed by atoms with Crippen LogP contribution >= 0.6 is 0 Å². The molecule has 2 amide bonds. The van der Waals surface area contributed by atoms with Crippen molar-refractivity contribution in [3.8, 4) is 0 Å². The Hall–Kier alpha value is -0.820. The van der Waals surface area contributed by atoms with E-state index >= 15 is 0 Å². The molecule has 0 aromatic rings. The largest absolute Gasteiger partial charge is 0.338 e. The molecule has 0 bridgehead atoms. The van der Waals surface area contributed by atoms with E-state index in [4.69, 9.17) is 0 Å². The number of nitrogens with zero attached hydrogens (tertiary/aromatic N) is 2. The van der Waals surface area contributed by atoms with Gasteiger partial charge < -0.3 is 15.1 Å². The molecule has 1 unspecified atom stereocenters. The highest BCUT2D eigenvalue weighted by Gasteiger charge is 2.34. The number of hydrogen-bond acceptors (Lipinski definition) is 4. The van der Waals surface area contributed by atoms with Gasteiger partial charge in [-0.05, 0) is 39.3 Å². The minimum absolute atomic E-state index is 0.0977. The third-order valence-electron chi connectivity index (χ3n) is 4.96. The summed E-state index contributed by atoms with van der Waals surface area (Å²) in [5.74, 6) is 0.888. The van der Waals surface area contributed by atoms with Gasteiger partial charge in [-0.1, -0.05) is 19.3 Å². The second-order valence-corrected chi connectivity index (χ2v) is 9.47. The van der Waals surface area contributed by atoms with Gasteiger partial charge in [-0.25, -0.2) is 13.2 Å². The summed E-state index contributed by atoms with van der Waals surface area (Å²) in [6.45, 7) is 2.04. The van der Waals surface area contributed by atoms with E-state index in [0.717, 1.165) is 13.1 Å². The molecule has 6 nitrogen and oxygen atoms in total. The van der Waals surface area contributed by atoms with Gasteiger partial charge in [0.25, 0.3) is 0 Å². The summed E-state index contributed by atoms with van der Waals surface area (Å²) in [6.07, 6.45) is 6.76. The van der Waals surface area contributed by atoms with Gasteiger partial charge in [0.2, 0.25) is 0 Å². The average Bonchev–Trinajstić information content (AvgIpc) is 2.86. The van der Waals surface area contributed by atoms with E-state index in [9.17, 15) is 13.2 Å². The number of urea groups is 1. The first kappa shape index (κ1) is 18.5. The first-order valence-corrected chi connectivity index (χ1v) is 10.6. The van der Waals surface area contributed by atoms with Crippen LogP contribution in [0, 0.1) is 5.92 Å². The van der Waals surface area contributed by atoms with E-state index in [2.05, 4.69) is 5.32 Å². The molecule has 0 aromatic carbocycles. The SMILES string of the molecule is CN(C)CCN(C(=O)NCC1CCCCC1)C1CCS(=O)(=O)C1. The summed E-state index contributed by atoms with van der Waals surface area (Å²) >= 11 is 0. The van der Waals surface area contributed by atoms with Crippen LogP contribution in [-0.4, -0.2) is 75.5 Å². The van der Waals surface area contributed by atoms with Crippen molar-refractivity contribution >= 4 is 15.9 Å². The van der Waals surface area contributed by atoms with Crippen molar-refractivity contribution in [3.63, 3.8) is 0 Å². The molecule has 23 heavy (non-hydrogen) atoms. The van der Waals surface area contributed by atoms with Gasteiger partial charge in [-0.15, -0.1) is 0 Å². The van der Waals surface area contributed by atoms with E-state index < -0.39 is 9.84 Å². The van der Waals surface area contributed by atoms with Gasteiger partial charge in [-0.3, -0.25) is 0 Å². The fraction of sp³-hybridized carbons (Fsp3) is 0.938. The molecule has 2 rings (SSSR count). The maximum absolute atomic E-state index is 12.6. The molecule has 1 aliphatic carbocycles. The van der Waals surface area contributed by atoms with E-state index in [1.807, 2.05) is 19.0 Å². The van der Waals surface area contributed by atoms with E-state index in [0.29, 0.717) is 18.9 Å². The molecule has 1 aliphatic heterocycles. The smallest absolute Gasteiger partial charge is 0.317 e. The van der Waals surface area contributed by atoms with Crippen molar-refractivity contribution in [1.82, 2.24) is 15.1 Å². The van der Waals surface area contributed by atoms with Gasteiger partial charge in [0, 0.05) is 25.7 Å². The zero-order valence-corrected chi connectivity index (χ0v) is 15.3. The first-order chi connectivity index (χ1) is 10.9. The summed E-state index contributed by atoms with van der Waals surface area (Å²) in [4.78, 5) is 16.4. The number of carbonyl (C=O) groups excluding carboxylic acids is 1. The Morgan fingerprint density at radius 1 is 1.09 bits per heavy atom. The number of hydrogen-bond donors (Lipinski definition) is 1. The van der Waals surface area contributed by atoms with Crippen molar-refractivity contribution < 1.29 is 13.2 Å². The molecule has 2 fully saturated rings. The van der Waals surface area contributed by atoms with Gasteiger partial charge in [0.05, 0.1) is 11.5 Å². The Bertz CT molecular complexity index is 487. The number of nitrogens with one attached hydrogen (secondary N) is 1. The summed E-state index contributed by atoms with van der Waals surface area (Å²) in [5, 5.41) is 3.05. The topological polar surface area (TPSA) is 69.7 Å². The van der Waals surface area contributed by atoms with Crippen LogP contribution in [0.4, 0.5) is 4.79 Å². The Balaban J connectivity index is 1.90. The van der Waals surface area contributed by atoms with Crippen LogP contribution in [0.3, 0.4) is 0 Å². The molecule has 7 heteroatoms. The fourth-order valence-corrected chi connectivity index (χ4v) is 5.23. The van der Waals surface area contributed by atoms with Crippen LogP contribution in [-0.2, 0) is 9.84 Å². The Kier molecular flexibility index (Phi) is 6.71. The summed E-state index contributed by atoms with van der Waals surface area (Å²) in [5.41, 5.74) is 0. The number of carbonyl (C=O) groups is 1. The lowest BCUT2D eigenvalue weighted by Gasteiger charge is -2.31. The molecule has 1 saturated carbocycles. The quantitative estimate of drug-likeness (QED) is 0.788. The van der Waals surface area contributed by atoms with Gasteiger partial charge in [-0.2, -0.15) is 0 Å². The molecule has 1 saturated heterocycles. The lowest BCUT2D eigenvalue weighted by molar-refractivity contribution is 0.170. The zero-order chi connectivity index (χ0) is 16.9. The number of sulfone groups is 1. The van der Waals surface area contributed by atoms with Crippen molar-refractivity contribution in [2.24, 2.45) is 5.92 Å². The van der Waals surface area contributed by atoms with Crippen LogP contribution in [0.1, 0.15) is 38.5 Å². The molecule has 1 heterocycles. The monoisotopic (exact) mass is 345 g/mol. The molecule has 1 N–H and O–H groups in total. The predicted molar refractivity (Wildman–Crippen MR) is 92.3 cm³/mol. The van der Waals surface area contributed by atoms with Crippen molar-refractivity contribution in [2.45, 2.75) is 44.6 Å². The average molecular weight is 346 g/mol. The normalized spacial score (nSPS) is 24.7. The third-order valence-corrected chi connectivity index (χ3v) is 6.72. The summed E-state index contributed by atoms with van der Waals surface area (Å²) in [7, 11) is 0.940. The lowest BCUT2D eigenvalue weighted by Crippen LogP contribution is -2.50. The Labute approximate surface area is 140 Å². The van der Waals surface area contributed by atoms with E-state index in [1.54, 1.807) is 4.90 Å². The highest BCUT2D eigenvalue weighted by molar-refractivity contribution is 7.91. The standard InChI is InChI=1S/C16H31N3O3S/c1-18(2)9-10-19(15-8-11-23(21,22)13-15)16(20)17-12-14-6-4-3-5-7-14/h14-15H,3-13H2,1-2H3,(H,17,20). The number of likely N-dealkylation sites (N-methyl/N-ethyl adjacent to an activating group) is 1. The lowest BCUT2D eigenvalue weighted by atomic mass is 9.89. The highest BCUT2D eigenvalue weighted by Crippen LogP contribution is 2.23. The second kappa shape index (κ2) is 8.33. The predicted octanol–water partition coefficient (Wildman–Crippen LogP) is 1.33. The summed E-state index contributed by atoms with van der Waals surface area (Å²) in [6, 6.07) is -0.272. The van der Waals surface area contributed by atoms with E-state index in [1.165, 1.54) is 32.1 Å². The van der Waals surface area contributed by atoms with Crippen LogP contribution < -0.4 is 5.32 Å². The zero-order valence-electron chi connectivity index (χ0n) is 14.5.